The normalized spacial score (nSPS) is 29.3. The van der Waals surface area contributed by atoms with Gasteiger partial charge in [-0.15, -0.1) is 0 Å². The third kappa shape index (κ3) is 3.46. The lowest BCUT2D eigenvalue weighted by Crippen LogP contribution is -2.56. The van der Waals surface area contributed by atoms with Crippen molar-refractivity contribution in [3.05, 3.63) is 35.4 Å². The highest BCUT2D eigenvalue weighted by molar-refractivity contribution is 5.94. The Morgan fingerprint density at radius 1 is 1.29 bits per heavy atom. The van der Waals surface area contributed by atoms with E-state index in [0.717, 1.165) is 12.0 Å². The van der Waals surface area contributed by atoms with Crippen LogP contribution >= 0.6 is 0 Å². The van der Waals surface area contributed by atoms with Crippen LogP contribution in [0.1, 0.15) is 61.4 Å². The summed E-state index contributed by atoms with van der Waals surface area (Å²) in [7, 11) is 0. The van der Waals surface area contributed by atoms with Gasteiger partial charge in [0.15, 0.2) is 0 Å². The summed E-state index contributed by atoms with van der Waals surface area (Å²) in [5.74, 6) is -0.733. The maximum absolute atomic E-state index is 12.5. The van der Waals surface area contributed by atoms with Crippen LogP contribution in [0.3, 0.4) is 0 Å². The van der Waals surface area contributed by atoms with Crippen LogP contribution in [0.5, 0.6) is 0 Å². The fraction of sp³-hybridized carbons (Fsp3) is 0.579. The lowest BCUT2D eigenvalue weighted by molar-refractivity contribution is -0.181. The molecule has 2 aliphatic rings. The first-order chi connectivity index (χ1) is 11.4. The standard InChI is InChI=1S/C19H25NO4/c1-12(2)13-4-3-5-14(8-13)17(21)20-16-6-7-24-19(11-16)9-15(10-19)18(22)23/h3-5,8,12,15-16H,6-7,9-11H2,1-2H3,(H,20,21)(H,22,23). The van der Waals surface area contributed by atoms with Crippen molar-refractivity contribution in [3.63, 3.8) is 0 Å². The van der Waals surface area contributed by atoms with E-state index in [0.29, 0.717) is 37.4 Å². The van der Waals surface area contributed by atoms with E-state index in [-0.39, 0.29) is 23.5 Å². The van der Waals surface area contributed by atoms with Gasteiger partial charge in [0.1, 0.15) is 0 Å². The number of amides is 1. The molecule has 1 aliphatic heterocycles. The van der Waals surface area contributed by atoms with Crippen molar-refractivity contribution >= 4 is 11.9 Å². The van der Waals surface area contributed by atoms with Crippen molar-refractivity contribution in [2.45, 2.75) is 57.1 Å². The quantitative estimate of drug-likeness (QED) is 0.889. The lowest BCUT2D eigenvalue weighted by atomic mass is 9.66. The minimum Gasteiger partial charge on any atom is -0.481 e. The zero-order chi connectivity index (χ0) is 17.3. The third-order valence-corrected chi connectivity index (χ3v) is 5.23. The summed E-state index contributed by atoms with van der Waals surface area (Å²) in [5, 5.41) is 12.2. The smallest absolute Gasteiger partial charge is 0.306 e. The molecule has 130 valence electrons. The topological polar surface area (TPSA) is 75.6 Å². The molecule has 1 unspecified atom stereocenters. The fourth-order valence-electron chi connectivity index (χ4n) is 3.76. The predicted molar refractivity (Wildman–Crippen MR) is 90.1 cm³/mol. The second-order valence-corrected chi connectivity index (χ2v) is 7.42. The Labute approximate surface area is 142 Å². The zero-order valence-corrected chi connectivity index (χ0v) is 14.2. The van der Waals surface area contributed by atoms with E-state index in [1.54, 1.807) is 0 Å². The Morgan fingerprint density at radius 2 is 2.04 bits per heavy atom. The lowest BCUT2D eigenvalue weighted by Gasteiger charge is -2.50. The number of benzene rings is 1. The van der Waals surface area contributed by atoms with Crippen molar-refractivity contribution in [2.75, 3.05) is 6.61 Å². The van der Waals surface area contributed by atoms with Gasteiger partial charge in [0.2, 0.25) is 0 Å². The molecule has 1 saturated carbocycles. The minimum atomic E-state index is -0.749. The number of carboxylic acid groups (broad SMARTS) is 1. The van der Waals surface area contributed by atoms with E-state index in [9.17, 15) is 9.59 Å². The van der Waals surface area contributed by atoms with Crippen LogP contribution in [0.15, 0.2) is 24.3 Å². The minimum absolute atomic E-state index is 0.0451. The number of carbonyl (C=O) groups excluding carboxylic acids is 1. The summed E-state index contributed by atoms with van der Waals surface area (Å²) in [6.45, 7) is 4.78. The molecule has 1 aliphatic carbocycles. The molecular weight excluding hydrogens is 306 g/mol. The van der Waals surface area contributed by atoms with Crippen molar-refractivity contribution in [1.29, 1.82) is 0 Å². The van der Waals surface area contributed by atoms with Crippen LogP contribution in [0.25, 0.3) is 0 Å². The number of hydrogen-bond acceptors (Lipinski definition) is 3. The molecule has 0 radical (unpaired) electrons. The number of carboxylic acids is 1. The molecular formula is C19H25NO4. The van der Waals surface area contributed by atoms with Gasteiger partial charge in [-0.05, 0) is 49.3 Å². The van der Waals surface area contributed by atoms with E-state index in [2.05, 4.69) is 19.2 Å². The Bertz CT molecular complexity index is 634. The van der Waals surface area contributed by atoms with E-state index in [4.69, 9.17) is 9.84 Å². The molecule has 3 rings (SSSR count). The number of ether oxygens (including phenoxy) is 1. The van der Waals surface area contributed by atoms with Crippen molar-refractivity contribution < 1.29 is 19.4 Å². The van der Waals surface area contributed by atoms with E-state index in [1.165, 1.54) is 0 Å². The highest BCUT2D eigenvalue weighted by Crippen LogP contribution is 2.46. The molecule has 1 saturated heterocycles. The van der Waals surface area contributed by atoms with Gasteiger partial charge in [0, 0.05) is 18.2 Å². The van der Waals surface area contributed by atoms with Crippen LogP contribution < -0.4 is 5.32 Å². The molecule has 1 aromatic rings. The number of nitrogens with one attached hydrogen (secondary N) is 1. The van der Waals surface area contributed by atoms with Gasteiger partial charge in [-0.1, -0.05) is 26.0 Å². The number of aliphatic carboxylic acids is 1. The van der Waals surface area contributed by atoms with Crippen molar-refractivity contribution in [1.82, 2.24) is 5.32 Å². The fourth-order valence-corrected chi connectivity index (χ4v) is 3.76. The van der Waals surface area contributed by atoms with Crippen LogP contribution in [0.2, 0.25) is 0 Å². The second kappa shape index (κ2) is 6.55. The summed E-state index contributed by atoms with van der Waals surface area (Å²) in [4.78, 5) is 23.5. The highest BCUT2D eigenvalue weighted by atomic mass is 16.5. The predicted octanol–water partition coefficient (Wildman–Crippen LogP) is 2.95. The molecule has 2 N–H and O–H groups in total. The van der Waals surface area contributed by atoms with Crippen molar-refractivity contribution in [3.8, 4) is 0 Å². The van der Waals surface area contributed by atoms with Crippen LogP contribution in [-0.4, -0.2) is 35.2 Å². The first-order valence-electron chi connectivity index (χ1n) is 8.66. The number of rotatable bonds is 4. The van der Waals surface area contributed by atoms with E-state index in [1.807, 2.05) is 24.3 Å². The van der Waals surface area contributed by atoms with Gasteiger partial charge in [0.25, 0.3) is 5.91 Å². The number of hydrogen-bond donors (Lipinski definition) is 2. The molecule has 2 fully saturated rings. The molecule has 5 heteroatoms. The molecule has 1 amide bonds. The molecule has 1 heterocycles. The van der Waals surface area contributed by atoms with Gasteiger partial charge in [-0.2, -0.15) is 0 Å². The van der Waals surface area contributed by atoms with Gasteiger partial charge in [0.05, 0.1) is 11.5 Å². The summed E-state index contributed by atoms with van der Waals surface area (Å²) < 4.78 is 5.84. The van der Waals surface area contributed by atoms with Crippen LogP contribution in [-0.2, 0) is 9.53 Å². The van der Waals surface area contributed by atoms with Gasteiger partial charge >= 0.3 is 5.97 Å². The molecule has 0 bridgehead atoms. The van der Waals surface area contributed by atoms with Crippen LogP contribution in [0, 0.1) is 5.92 Å². The van der Waals surface area contributed by atoms with E-state index >= 15 is 0 Å². The average Bonchev–Trinajstić information content (AvgIpc) is 2.52. The summed E-state index contributed by atoms with van der Waals surface area (Å²) >= 11 is 0. The van der Waals surface area contributed by atoms with Gasteiger partial charge < -0.3 is 15.2 Å². The second-order valence-electron chi connectivity index (χ2n) is 7.42. The van der Waals surface area contributed by atoms with E-state index < -0.39 is 5.97 Å². The largest absolute Gasteiger partial charge is 0.481 e. The highest BCUT2D eigenvalue weighted by Gasteiger charge is 2.51. The van der Waals surface area contributed by atoms with Gasteiger partial charge in [-0.25, -0.2) is 0 Å². The first-order valence-corrected chi connectivity index (χ1v) is 8.66. The average molecular weight is 331 g/mol. The Hall–Kier alpha value is -1.88. The Kier molecular flexibility index (Phi) is 4.63. The summed E-state index contributed by atoms with van der Waals surface area (Å²) in [6, 6.07) is 7.77. The summed E-state index contributed by atoms with van der Waals surface area (Å²) in [6.07, 6.45) is 2.58. The molecule has 1 aromatic carbocycles. The maximum Gasteiger partial charge on any atom is 0.306 e. The van der Waals surface area contributed by atoms with Crippen molar-refractivity contribution in [2.24, 2.45) is 5.92 Å². The molecule has 1 spiro atoms. The Morgan fingerprint density at radius 3 is 2.71 bits per heavy atom. The Balaban J connectivity index is 1.61. The summed E-state index contributed by atoms with van der Waals surface area (Å²) in [5.41, 5.74) is 1.48. The first kappa shape index (κ1) is 17.0. The number of carbonyl (C=O) groups is 2. The zero-order valence-electron chi connectivity index (χ0n) is 14.2. The third-order valence-electron chi connectivity index (χ3n) is 5.23. The van der Waals surface area contributed by atoms with Gasteiger partial charge in [-0.3, -0.25) is 9.59 Å². The molecule has 0 aromatic heterocycles. The molecule has 1 atom stereocenters. The monoisotopic (exact) mass is 331 g/mol. The SMILES string of the molecule is CC(C)c1cccc(C(=O)NC2CCOC3(C2)CC(C(=O)O)C3)c1. The van der Waals surface area contributed by atoms with Crippen LogP contribution in [0.4, 0.5) is 0 Å². The molecule has 24 heavy (non-hydrogen) atoms. The molecule has 5 nitrogen and oxygen atoms in total. The maximum atomic E-state index is 12.5.